The first-order chi connectivity index (χ1) is 6.24. The van der Waals surface area contributed by atoms with E-state index in [1.54, 1.807) is 10.9 Å². The lowest BCUT2D eigenvalue weighted by Gasteiger charge is -1.96. The van der Waals surface area contributed by atoms with Crippen molar-refractivity contribution >= 4 is 22.9 Å². The molecule has 0 aliphatic carbocycles. The number of hydrogen-bond acceptors (Lipinski definition) is 5. The number of nitrogens with zero attached hydrogens (tertiary/aromatic N) is 1. The number of rotatable bonds is 5. The summed E-state index contributed by atoms with van der Waals surface area (Å²) in [4.78, 5) is 26.0. The Morgan fingerprint density at radius 2 is 2.38 bits per heavy atom. The molecule has 0 atom stereocenters. The fraction of sp³-hybridized carbons (Fsp3) is 0.375. The van der Waals surface area contributed by atoms with E-state index in [0.29, 0.717) is 5.69 Å². The normalized spacial score (nSPS) is 9.92. The Hall–Kier alpha value is -1.07. The van der Waals surface area contributed by atoms with E-state index >= 15 is 0 Å². The lowest BCUT2D eigenvalue weighted by atomic mass is 10.2. The van der Waals surface area contributed by atoms with Gasteiger partial charge in [-0.3, -0.25) is 9.59 Å². The van der Waals surface area contributed by atoms with E-state index < -0.39 is 0 Å². The standard InChI is InChI=1S/C8H9NO3S/c1-12-3-6(10)2-8(11)7-4-13-5-9-7/h4-5H,2-3H2,1H3. The van der Waals surface area contributed by atoms with Crippen LogP contribution in [0.2, 0.25) is 0 Å². The zero-order valence-electron chi connectivity index (χ0n) is 7.15. The summed E-state index contributed by atoms with van der Waals surface area (Å²) < 4.78 is 4.60. The number of carbonyl (C=O) groups is 2. The highest BCUT2D eigenvalue weighted by molar-refractivity contribution is 7.07. The van der Waals surface area contributed by atoms with Crippen LogP contribution in [0.25, 0.3) is 0 Å². The number of Topliss-reactive ketones (excluding diaryl/α,β-unsaturated/α-hetero) is 2. The Balaban J connectivity index is 2.47. The molecule has 1 aromatic heterocycles. The molecule has 0 aliphatic heterocycles. The van der Waals surface area contributed by atoms with Gasteiger partial charge in [-0.2, -0.15) is 0 Å². The van der Waals surface area contributed by atoms with Crippen LogP contribution < -0.4 is 0 Å². The zero-order valence-corrected chi connectivity index (χ0v) is 7.97. The number of thiazole rings is 1. The third-order valence-corrected chi connectivity index (χ3v) is 1.97. The Labute approximate surface area is 79.6 Å². The molecule has 0 unspecified atom stereocenters. The molecule has 1 heterocycles. The van der Waals surface area contributed by atoms with Crippen molar-refractivity contribution in [3.8, 4) is 0 Å². The van der Waals surface area contributed by atoms with E-state index in [-0.39, 0.29) is 24.6 Å². The van der Waals surface area contributed by atoms with Gasteiger partial charge in [0, 0.05) is 12.5 Å². The van der Waals surface area contributed by atoms with Gasteiger partial charge >= 0.3 is 0 Å². The summed E-state index contributed by atoms with van der Waals surface area (Å²) in [6.45, 7) is -0.0180. The molecule has 0 amide bonds. The molecule has 0 saturated carbocycles. The summed E-state index contributed by atoms with van der Waals surface area (Å²) in [5, 5.41) is 1.63. The van der Waals surface area contributed by atoms with Crippen molar-refractivity contribution in [1.29, 1.82) is 0 Å². The summed E-state index contributed by atoms with van der Waals surface area (Å²) in [5.41, 5.74) is 1.92. The second-order valence-corrected chi connectivity index (χ2v) is 3.16. The summed E-state index contributed by atoms with van der Waals surface area (Å²) in [6.07, 6.45) is -0.127. The van der Waals surface area contributed by atoms with Crippen LogP contribution in [0.15, 0.2) is 10.9 Å². The van der Waals surface area contributed by atoms with Crippen molar-refractivity contribution in [2.45, 2.75) is 6.42 Å². The number of carbonyl (C=O) groups excluding carboxylic acids is 2. The van der Waals surface area contributed by atoms with Gasteiger partial charge in [0.15, 0.2) is 11.6 Å². The van der Waals surface area contributed by atoms with Crippen molar-refractivity contribution in [1.82, 2.24) is 4.98 Å². The quantitative estimate of drug-likeness (QED) is 0.523. The van der Waals surface area contributed by atoms with Crippen LogP contribution in [-0.2, 0) is 9.53 Å². The average molecular weight is 199 g/mol. The zero-order chi connectivity index (χ0) is 9.68. The van der Waals surface area contributed by atoms with Gasteiger partial charge in [0.25, 0.3) is 0 Å². The molecule has 0 saturated heterocycles. The minimum Gasteiger partial charge on any atom is -0.377 e. The van der Waals surface area contributed by atoms with Gasteiger partial charge in [-0.1, -0.05) is 0 Å². The van der Waals surface area contributed by atoms with E-state index in [0.717, 1.165) is 0 Å². The Morgan fingerprint density at radius 3 is 2.92 bits per heavy atom. The van der Waals surface area contributed by atoms with Crippen LogP contribution in [0.1, 0.15) is 16.9 Å². The van der Waals surface area contributed by atoms with Gasteiger partial charge in [-0.05, 0) is 0 Å². The number of hydrogen-bond donors (Lipinski definition) is 0. The molecule has 70 valence electrons. The summed E-state index contributed by atoms with van der Waals surface area (Å²) >= 11 is 1.33. The minimum absolute atomic E-state index is 0.0180. The topological polar surface area (TPSA) is 56.3 Å². The fourth-order valence-electron chi connectivity index (χ4n) is 0.832. The smallest absolute Gasteiger partial charge is 0.189 e. The fourth-order valence-corrected chi connectivity index (χ4v) is 1.39. The molecule has 4 nitrogen and oxygen atoms in total. The van der Waals surface area contributed by atoms with Crippen LogP contribution in [0.5, 0.6) is 0 Å². The van der Waals surface area contributed by atoms with Crippen LogP contribution in [0, 0.1) is 0 Å². The van der Waals surface area contributed by atoms with E-state index in [4.69, 9.17) is 0 Å². The van der Waals surface area contributed by atoms with Crippen LogP contribution in [0.3, 0.4) is 0 Å². The van der Waals surface area contributed by atoms with Crippen molar-refractivity contribution in [2.24, 2.45) is 0 Å². The summed E-state index contributed by atoms with van der Waals surface area (Å²) in [5.74, 6) is -0.469. The maximum atomic E-state index is 11.3. The molecule has 0 fully saturated rings. The van der Waals surface area contributed by atoms with Crippen molar-refractivity contribution in [3.05, 3.63) is 16.6 Å². The van der Waals surface area contributed by atoms with Crippen LogP contribution in [0.4, 0.5) is 0 Å². The number of methoxy groups -OCH3 is 1. The predicted octanol–water partition coefficient (Wildman–Crippen LogP) is 0.931. The maximum absolute atomic E-state index is 11.3. The minimum atomic E-state index is -0.247. The highest BCUT2D eigenvalue weighted by atomic mass is 32.1. The molecule has 0 radical (unpaired) electrons. The summed E-state index contributed by atoms with van der Waals surface area (Å²) in [7, 11) is 1.42. The molecular weight excluding hydrogens is 190 g/mol. The molecule has 13 heavy (non-hydrogen) atoms. The van der Waals surface area contributed by atoms with Crippen molar-refractivity contribution < 1.29 is 14.3 Å². The number of ketones is 2. The molecular formula is C8H9NO3S. The van der Waals surface area contributed by atoms with E-state index in [9.17, 15) is 9.59 Å². The first-order valence-corrected chi connectivity index (χ1v) is 4.60. The van der Waals surface area contributed by atoms with E-state index in [1.807, 2.05) is 0 Å². The Morgan fingerprint density at radius 1 is 1.62 bits per heavy atom. The van der Waals surface area contributed by atoms with Gasteiger partial charge in [0.2, 0.25) is 0 Å². The molecule has 5 heteroatoms. The molecule has 0 spiro atoms. The monoisotopic (exact) mass is 199 g/mol. The maximum Gasteiger partial charge on any atom is 0.189 e. The third-order valence-electron chi connectivity index (χ3n) is 1.38. The molecule has 0 N–H and O–H groups in total. The third kappa shape index (κ3) is 3.04. The first-order valence-electron chi connectivity index (χ1n) is 3.66. The van der Waals surface area contributed by atoms with Crippen molar-refractivity contribution in [3.63, 3.8) is 0 Å². The Kier molecular flexibility index (Phi) is 3.72. The first kappa shape index (κ1) is 10.0. The van der Waals surface area contributed by atoms with Gasteiger partial charge in [0.05, 0.1) is 11.9 Å². The number of aromatic nitrogens is 1. The summed E-state index contributed by atoms with van der Waals surface area (Å²) in [6, 6.07) is 0. The number of ether oxygens (including phenoxy) is 1. The lowest BCUT2D eigenvalue weighted by Crippen LogP contribution is -2.13. The molecule has 1 aromatic rings. The highest BCUT2D eigenvalue weighted by Gasteiger charge is 2.12. The molecule has 0 bridgehead atoms. The Bertz CT molecular complexity index is 294. The second kappa shape index (κ2) is 4.84. The highest BCUT2D eigenvalue weighted by Crippen LogP contribution is 2.04. The van der Waals surface area contributed by atoms with Crippen molar-refractivity contribution in [2.75, 3.05) is 13.7 Å². The SMILES string of the molecule is COCC(=O)CC(=O)c1cscn1. The van der Waals surface area contributed by atoms with Crippen LogP contribution >= 0.6 is 11.3 Å². The molecule has 0 aromatic carbocycles. The van der Waals surface area contributed by atoms with Crippen LogP contribution in [-0.4, -0.2) is 30.3 Å². The molecule has 0 aliphatic rings. The average Bonchev–Trinajstić information content (AvgIpc) is 2.55. The predicted molar refractivity (Wildman–Crippen MR) is 47.9 cm³/mol. The molecule has 1 rings (SSSR count). The van der Waals surface area contributed by atoms with E-state index in [2.05, 4.69) is 9.72 Å². The van der Waals surface area contributed by atoms with Gasteiger partial charge < -0.3 is 4.74 Å². The van der Waals surface area contributed by atoms with Gasteiger partial charge in [0.1, 0.15) is 12.3 Å². The second-order valence-electron chi connectivity index (χ2n) is 2.45. The largest absolute Gasteiger partial charge is 0.377 e. The van der Waals surface area contributed by atoms with Gasteiger partial charge in [-0.15, -0.1) is 11.3 Å². The van der Waals surface area contributed by atoms with E-state index in [1.165, 1.54) is 18.4 Å². The lowest BCUT2D eigenvalue weighted by molar-refractivity contribution is -0.121. The van der Waals surface area contributed by atoms with Gasteiger partial charge in [-0.25, -0.2) is 4.98 Å².